The van der Waals surface area contributed by atoms with Crippen molar-refractivity contribution in [1.29, 1.82) is 0 Å². The van der Waals surface area contributed by atoms with Crippen LogP contribution < -0.4 is 0 Å². The first-order valence-corrected chi connectivity index (χ1v) is 7.02. The van der Waals surface area contributed by atoms with Crippen LogP contribution in [0.15, 0.2) is 59.7 Å². The molecule has 2 aromatic heterocycles. The first-order valence-electron chi connectivity index (χ1n) is 7.02. The van der Waals surface area contributed by atoms with E-state index in [-0.39, 0.29) is 5.78 Å². The summed E-state index contributed by atoms with van der Waals surface area (Å²) in [5.41, 5.74) is 3.60. The molecule has 0 N–H and O–H groups in total. The van der Waals surface area contributed by atoms with Crippen LogP contribution in [0.25, 0.3) is 10.9 Å². The van der Waals surface area contributed by atoms with Gasteiger partial charge in [-0.1, -0.05) is 24.3 Å². The lowest BCUT2D eigenvalue weighted by molar-refractivity contribution is 0.101. The third-order valence-electron chi connectivity index (χ3n) is 3.35. The lowest BCUT2D eigenvalue weighted by atomic mass is 10.2. The number of pyridine rings is 2. The van der Waals surface area contributed by atoms with Crippen molar-refractivity contribution < 1.29 is 4.79 Å². The van der Waals surface area contributed by atoms with E-state index in [1.807, 2.05) is 49.4 Å². The largest absolute Gasteiger partial charge is 0.293 e. The van der Waals surface area contributed by atoms with E-state index in [4.69, 9.17) is 0 Å². The normalized spacial score (nSPS) is 11.6. The van der Waals surface area contributed by atoms with Crippen molar-refractivity contribution >= 4 is 28.1 Å². The van der Waals surface area contributed by atoms with E-state index in [2.05, 4.69) is 15.0 Å². The number of carbonyl (C=O) groups is 1. The third kappa shape index (κ3) is 2.91. The fraction of sp³-hybridized carbons (Fsp3) is 0.111. The molecule has 0 spiro atoms. The summed E-state index contributed by atoms with van der Waals surface area (Å²) in [5, 5.41) is 1.04. The van der Waals surface area contributed by atoms with Crippen LogP contribution in [-0.4, -0.2) is 21.5 Å². The number of hydrogen-bond donors (Lipinski definition) is 0. The first kappa shape index (κ1) is 14.1. The molecule has 22 heavy (non-hydrogen) atoms. The summed E-state index contributed by atoms with van der Waals surface area (Å²) in [5.74, 6) is -0.0537. The topological polar surface area (TPSA) is 55.2 Å². The molecule has 0 bridgehead atoms. The van der Waals surface area contributed by atoms with Crippen LogP contribution in [-0.2, 0) is 0 Å². The molecule has 4 nitrogen and oxygen atoms in total. The van der Waals surface area contributed by atoms with Crippen LogP contribution >= 0.6 is 0 Å². The Morgan fingerprint density at radius 3 is 2.59 bits per heavy atom. The molecule has 0 amide bonds. The molecule has 0 aliphatic rings. The quantitative estimate of drug-likeness (QED) is 0.541. The van der Waals surface area contributed by atoms with Crippen molar-refractivity contribution in [2.75, 3.05) is 0 Å². The predicted molar refractivity (Wildman–Crippen MR) is 87.9 cm³/mol. The maximum Gasteiger partial charge on any atom is 0.178 e. The van der Waals surface area contributed by atoms with Crippen LogP contribution in [0.1, 0.15) is 30.0 Å². The Hall–Kier alpha value is -2.88. The fourth-order valence-electron chi connectivity index (χ4n) is 2.20. The van der Waals surface area contributed by atoms with Gasteiger partial charge >= 0.3 is 0 Å². The standard InChI is InChI=1S/C18H15N3O/c1-12(16-8-5-9-17(21-16)13(2)22)20-15-10-14-6-3-4-7-18(14)19-11-15/h3-11H,1-2H3. The number of hydrogen-bond acceptors (Lipinski definition) is 4. The van der Waals surface area contributed by atoms with Gasteiger partial charge in [0.15, 0.2) is 5.78 Å². The van der Waals surface area contributed by atoms with Gasteiger partial charge < -0.3 is 0 Å². The molecule has 0 saturated carbocycles. The number of para-hydroxylation sites is 1. The number of aliphatic imine (C=N–C) groups is 1. The third-order valence-corrected chi connectivity index (χ3v) is 3.35. The van der Waals surface area contributed by atoms with E-state index < -0.39 is 0 Å². The molecule has 0 saturated heterocycles. The molecule has 0 unspecified atom stereocenters. The minimum Gasteiger partial charge on any atom is -0.293 e. The van der Waals surface area contributed by atoms with Crippen LogP contribution in [0.3, 0.4) is 0 Å². The van der Waals surface area contributed by atoms with E-state index in [1.165, 1.54) is 6.92 Å². The highest BCUT2D eigenvalue weighted by atomic mass is 16.1. The van der Waals surface area contributed by atoms with Gasteiger partial charge in [-0.15, -0.1) is 0 Å². The Bertz CT molecular complexity index is 884. The van der Waals surface area contributed by atoms with Crippen molar-refractivity contribution in [2.24, 2.45) is 4.99 Å². The maximum atomic E-state index is 11.4. The number of fused-ring (bicyclic) bond motifs is 1. The summed E-state index contributed by atoms with van der Waals surface area (Å²) >= 11 is 0. The van der Waals surface area contributed by atoms with Crippen molar-refractivity contribution in [3.8, 4) is 0 Å². The Labute approximate surface area is 128 Å². The van der Waals surface area contributed by atoms with E-state index in [0.717, 1.165) is 22.3 Å². The summed E-state index contributed by atoms with van der Waals surface area (Å²) in [4.78, 5) is 24.7. The molecule has 0 aliphatic heterocycles. The molecule has 2 heterocycles. The highest BCUT2D eigenvalue weighted by Crippen LogP contribution is 2.19. The number of ketones is 1. The number of rotatable bonds is 3. The van der Waals surface area contributed by atoms with E-state index in [1.54, 1.807) is 12.3 Å². The van der Waals surface area contributed by atoms with E-state index in [9.17, 15) is 4.79 Å². The Kier molecular flexibility index (Phi) is 3.74. The molecule has 108 valence electrons. The molecular weight excluding hydrogens is 274 g/mol. The van der Waals surface area contributed by atoms with Crippen molar-refractivity contribution in [3.05, 3.63) is 66.1 Å². The minimum atomic E-state index is -0.0537. The van der Waals surface area contributed by atoms with Crippen LogP contribution in [0.4, 0.5) is 5.69 Å². The van der Waals surface area contributed by atoms with Crippen molar-refractivity contribution in [2.45, 2.75) is 13.8 Å². The summed E-state index contributed by atoms with van der Waals surface area (Å²) in [6.45, 7) is 3.38. The molecule has 3 rings (SSSR count). The Morgan fingerprint density at radius 1 is 1.00 bits per heavy atom. The second kappa shape index (κ2) is 5.85. The summed E-state index contributed by atoms with van der Waals surface area (Å²) < 4.78 is 0. The van der Waals surface area contributed by atoms with Crippen LogP contribution in [0, 0.1) is 0 Å². The number of benzene rings is 1. The zero-order chi connectivity index (χ0) is 15.5. The van der Waals surface area contributed by atoms with Crippen LogP contribution in [0.5, 0.6) is 0 Å². The van der Waals surface area contributed by atoms with Gasteiger partial charge in [-0.3, -0.25) is 9.78 Å². The maximum absolute atomic E-state index is 11.4. The second-order valence-corrected chi connectivity index (χ2v) is 5.05. The molecule has 1 aromatic carbocycles. The zero-order valence-electron chi connectivity index (χ0n) is 12.4. The zero-order valence-corrected chi connectivity index (χ0v) is 12.4. The number of aromatic nitrogens is 2. The first-order chi connectivity index (χ1) is 10.6. The van der Waals surface area contributed by atoms with E-state index in [0.29, 0.717) is 11.4 Å². The molecule has 0 radical (unpaired) electrons. The molecule has 0 atom stereocenters. The lowest BCUT2D eigenvalue weighted by Gasteiger charge is -2.03. The monoisotopic (exact) mass is 289 g/mol. The van der Waals surface area contributed by atoms with Gasteiger partial charge in [0.05, 0.1) is 28.8 Å². The highest BCUT2D eigenvalue weighted by Gasteiger charge is 2.05. The number of nitrogens with zero attached hydrogens (tertiary/aromatic N) is 3. The summed E-state index contributed by atoms with van der Waals surface area (Å²) in [6.07, 6.45) is 1.74. The van der Waals surface area contributed by atoms with Gasteiger partial charge in [0, 0.05) is 12.3 Å². The fourth-order valence-corrected chi connectivity index (χ4v) is 2.20. The molecule has 3 aromatic rings. The molecule has 0 aliphatic carbocycles. The van der Waals surface area contributed by atoms with Gasteiger partial charge in [0.25, 0.3) is 0 Å². The van der Waals surface area contributed by atoms with Crippen molar-refractivity contribution in [1.82, 2.24) is 9.97 Å². The lowest BCUT2D eigenvalue weighted by Crippen LogP contribution is -2.04. The predicted octanol–water partition coefficient (Wildman–Crippen LogP) is 3.97. The molecule has 4 heteroatoms. The van der Waals surface area contributed by atoms with Gasteiger partial charge in [-0.25, -0.2) is 9.98 Å². The van der Waals surface area contributed by atoms with Gasteiger partial charge in [0.2, 0.25) is 0 Å². The number of Topliss-reactive ketones (excluding diaryl/α,β-unsaturated/α-hetero) is 1. The smallest absolute Gasteiger partial charge is 0.178 e. The average molecular weight is 289 g/mol. The van der Waals surface area contributed by atoms with E-state index >= 15 is 0 Å². The van der Waals surface area contributed by atoms with Gasteiger partial charge in [-0.05, 0) is 31.2 Å². The second-order valence-electron chi connectivity index (χ2n) is 5.05. The Morgan fingerprint density at radius 2 is 1.77 bits per heavy atom. The Balaban J connectivity index is 1.98. The number of carbonyl (C=O) groups excluding carboxylic acids is 1. The molecular formula is C18H15N3O. The van der Waals surface area contributed by atoms with Gasteiger partial charge in [0.1, 0.15) is 5.69 Å². The van der Waals surface area contributed by atoms with Crippen molar-refractivity contribution in [3.63, 3.8) is 0 Å². The highest BCUT2D eigenvalue weighted by molar-refractivity contribution is 6.00. The van der Waals surface area contributed by atoms with Crippen LogP contribution in [0.2, 0.25) is 0 Å². The average Bonchev–Trinajstić information content (AvgIpc) is 2.55. The summed E-state index contributed by atoms with van der Waals surface area (Å²) in [7, 11) is 0. The van der Waals surface area contributed by atoms with Gasteiger partial charge in [-0.2, -0.15) is 0 Å². The molecule has 0 fully saturated rings. The summed E-state index contributed by atoms with van der Waals surface area (Å²) in [6, 6.07) is 15.3. The minimum absolute atomic E-state index is 0.0537. The SMILES string of the molecule is CC(=O)c1cccc(C(C)=Nc2cnc3ccccc3c2)n1.